The maximum atomic E-state index is 12.7. The summed E-state index contributed by atoms with van der Waals surface area (Å²) in [6.07, 6.45) is 9.99. The molecule has 0 aromatic carbocycles. The third-order valence-electron chi connectivity index (χ3n) is 6.18. The Kier molecular flexibility index (Phi) is 7.16. The minimum absolute atomic E-state index is 0.199. The highest BCUT2D eigenvalue weighted by Gasteiger charge is 2.48. The number of carbonyl (C=O) groups excluding carboxylic acids is 1. The third-order valence-corrected chi connectivity index (χ3v) is 6.18. The van der Waals surface area contributed by atoms with Crippen molar-refractivity contribution in [2.75, 3.05) is 0 Å². The lowest BCUT2D eigenvalue weighted by atomic mass is 9.54. The second-order valence-corrected chi connectivity index (χ2v) is 7.13. The molecule has 21 heavy (non-hydrogen) atoms. The second-order valence-electron chi connectivity index (χ2n) is 7.13. The molecule has 3 atom stereocenters. The van der Waals surface area contributed by atoms with E-state index in [1.807, 2.05) is 0 Å². The number of Topliss-reactive ketones (excluding diaryl/α,β-unsaturated/α-hetero) is 1. The van der Waals surface area contributed by atoms with Crippen LogP contribution in [0.4, 0.5) is 0 Å². The Morgan fingerprint density at radius 3 is 2.14 bits per heavy atom. The molecule has 1 nitrogen and oxygen atoms in total. The molecule has 0 heterocycles. The lowest BCUT2D eigenvalue weighted by Gasteiger charge is -2.49. The van der Waals surface area contributed by atoms with Gasteiger partial charge in [-0.3, -0.25) is 4.79 Å². The summed E-state index contributed by atoms with van der Waals surface area (Å²) >= 11 is 0. The lowest BCUT2D eigenvalue weighted by Crippen LogP contribution is -2.45. The van der Waals surface area contributed by atoms with Gasteiger partial charge in [0, 0.05) is 5.92 Å². The van der Waals surface area contributed by atoms with Crippen molar-refractivity contribution in [2.45, 2.75) is 92.9 Å². The van der Waals surface area contributed by atoms with Crippen molar-refractivity contribution in [3.8, 4) is 0 Å². The van der Waals surface area contributed by atoms with Gasteiger partial charge in [0.1, 0.15) is 0 Å². The molecular weight excluding hydrogens is 256 g/mol. The summed E-state index contributed by atoms with van der Waals surface area (Å²) in [6.45, 7) is 13.3. The number of allylic oxidation sites excluding steroid dienone is 2. The van der Waals surface area contributed by atoms with Gasteiger partial charge in [-0.1, -0.05) is 65.4 Å². The van der Waals surface area contributed by atoms with Gasteiger partial charge in [-0.05, 0) is 50.0 Å². The van der Waals surface area contributed by atoms with Gasteiger partial charge in [0.2, 0.25) is 0 Å². The highest BCUT2D eigenvalue weighted by atomic mass is 16.1. The number of unbranched alkanes of at least 4 members (excludes halogenated alkanes) is 3. The van der Waals surface area contributed by atoms with Crippen LogP contribution in [0, 0.1) is 17.3 Å². The van der Waals surface area contributed by atoms with Crippen LogP contribution in [0.25, 0.3) is 0 Å². The molecule has 0 saturated heterocycles. The van der Waals surface area contributed by atoms with E-state index in [-0.39, 0.29) is 11.3 Å². The Morgan fingerprint density at radius 2 is 1.62 bits per heavy atom. The monoisotopic (exact) mass is 292 g/mol. The molecule has 0 bridgehead atoms. The van der Waals surface area contributed by atoms with Crippen molar-refractivity contribution < 1.29 is 4.79 Å². The van der Waals surface area contributed by atoms with Crippen LogP contribution in [0.3, 0.4) is 0 Å². The van der Waals surface area contributed by atoms with E-state index in [1.54, 1.807) is 0 Å². The smallest absolute Gasteiger partial charge is 0.161 e. The van der Waals surface area contributed by atoms with Gasteiger partial charge >= 0.3 is 0 Å². The van der Waals surface area contributed by atoms with E-state index >= 15 is 0 Å². The van der Waals surface area contributed by atoms with E-state index in [1.165, 1.54) is 50.5 Å². The van der Waals surface area contributed by atoms with Crippen LogP contribution in [0.1, 0.15) is 92.9 Å². The highest BCUT2D eigenvalue weighted by molar-refractivity contribution is 5.98. The predicted octanol–water partition coefficient (Wildman–Crippen LogP) is 6.32. The summed E-state index contributed by atoms with van der Waals surface area (Å²) in [5.74, 6) is 1.23. The minimum Gasteiger partial charge on any atom is -0.294 e. The van der Waals surface area contributed by atoms with Gasteiger partial charge in [-0.25, -0.2) is 0 Å². The number of hydrogen-bond acceptors (Lipinski definition) is 1. The predicted molar refractivity (Wildman–Crippen MR) is 92.4 cm³/mol. The van der Waals surface area contributed by atoms with Gasteiger partial charge in [-0.15, -0.1) is 0 Å². The van der Waals surface area contributed by atoms with E-state index in [0.717, 1.165) is 12.0 Å². The molecule has 1 unspecified atom stereocenters. The Bertz CT molecular complexity index is 379. The third kappa shape index (κ3) is 3.60. The van der Waals surface area contributed by atoms with Gasteiger partial charge in [-0.2, -0.15) is 0 Å². The molecule has 0 fully saturated rings. The number of ketones is 1. The number of rotatable bonds is 8. The molecule has 1 heteroatoms. The molecule has 0 N–H and O–H groups in total. The topological polar surface area (TPSA) is 17.1 Å². The van der Waals surface area contributed by atoms with Crippen LogP contribution >= 0.6 is 0 Å². The van der Waals surface area contributed by atoms with Crippen LogP contribution in [0.2, 0.25) is 0 Å². The summed E-state index contributed by atoms with van der Waals surface area (Å²) in [6, 6.07) is 0. The maximum Gasteiger partial charge on any atom is 0.161 e. The Balaban J connectivity index is 3.15. The average molecular weight is 293 g/mol. The molecule has 0 saturated carbocycles. The van der Waals surface area contributed by atoms with Crippen LogP contribution < -0.4 is 0 Å². The quantitative estimate of drug-likeness (QED) is 0.478. The molecule has 0 spiro atoms. The zero-order chi connectivity index (χ0) is 16.0. The fourth-order valence-corrected chi connectivity index (χ4v) is 4.51. The molecule has 1 rings (SSSR count). The van der Waals surface area contributed by atoms with Crippen LogP contribution in [-0.4, -0.2) is 5.78 Å². The van der Waals surface area contributed by atoms with Crippen LogP contribution in [0.5, 0.6) is 0 Å². The highest BCUT2D eigenvalue weighted by Crippen LogP contribution is 2.53. The van der Waals surface area contributed by atoms with Gasteiger partial charge < -0.3 is 0 Å². The zero-order valence-corrected chi connectivity index (χ0v) is 15.2. The van der Waals surface area contributed by atoms with Crippen molar-refractivity contribution in [1.82, 2.24) is 0 Å². The number of hydrogen-bond donors (Lipinski definition) is 0. The first-order valence-corrected chi connectivity index (χ1v) is 9.17. The largest absolute Gasteiger partial charge is 0.294 e. The van der Waals surface area contributed by atoms with Crippen molar-refractivity contribution in [3.05, 3.63) is 11.1 Å². The molecular formula is C20H36O. The molecule has 122 valence electrons. The zero-order valence-electron chi connectivity index (χ0n) is 15.2. The van der Waals surface area contributed by atoms with Crippen molar-refractivity contribution >= 4 is 5.78 Å². The van der Waals surface area contributed by atoms with Crippen molar-refractivity contribution in [2.24, 2.45) is 17.3 Å². The fourth-order valence-electron chi connectivity index (χ4n) is 4.51. The minimum atomic E-state index is 0.199. The average Bonchev–Trinajstić information content (AvgIpc) is 2.49. The normalized spacial score (nSPS) is 30.1. The molecule has 1 aliphatic carbocycles. The standard InChI is InChI=1S/C20H36O/c1-7-10-12-14-20(9-3)17(6)19(21)16(5)15(4)18(20)13-11-8-2/h17-18H,7-14H2,1-6H3/t17-,18+,20?/m1/s1. The fraction of sp³-hybridized carbons (Fsp3) is 0.850. The Morgan fingerprint density at radius 1 is 1.00 bits per heavy atom. The van der Waals surface area contributed by atoms with E-state index < -0.39 is 0 Å². The molecule has 0 amide bonds. The van der Waals surface area contributed by atoms with Crippen LogP contribution in [-0.2, 0) is 4.79 Å². The summed E-state index contributed by atoms with van der Waals surface area (Å²) in [4.78, 5) is 12.7. The SMILES string of the molecule is CCCCCC1(CC)[C@H](C)C(=O)C(C)=C(C)[C@@H]1CCCC. The van der Waals surface area contributed by atoms with E-state index in [4.69, 9.17) is 0 Å². The van der Waals surface area contributed by atoms with E-state index in [2.05, 4.69) is 41.5 Å². The van der Waals surface area contributed by atoms with E-state index in [0.29, 0.717) is 11.7 Å². The number of carbonyl (C=O) groups is 1. The molecule has 1 aliphatic rings. The Hall–Kier alpha value is -0.590. The first-order valence-electron chi connectivity index (χ1n) is 9.17. The molecule has 0 aromatic heterocycles. The first kappa shape index (κ1) is 18.5. The summed E-state index contributed by atoms with van der Waals surface area (Å²) < 4.78 is 0. The second kappa shape index (κ2) is 8.15. The summed E-state index contributed by atoms with van der Waals surface area (Å²) in [5, 5.41) is 0. The van der Waals surface area contributed by atoms with Gasteiger partial charge in [0.25, 0.3) is 0 Å². The first-order chi connectivity index (χ1) is 9.96. The van der Waals surface area contributed by atoms with Gasteiger partial charge in [0.15, 0.2) is 5.78 Å². The molecule has 0 aromatic rings. The van der Waals surface area contributed by atoms with E-state index in [9.17, 15) is 4.79 Å². The maximum absolute atomic E-state index is 12.7. The molecule has 0 aliphatic heterocycles. The molecule has 0 radical (unpaired) electrons. The summed E-state index contributed by atoms with van der Waals surface area (Å²) in [5.41, 5.74) is 2.67. The van der Waals surface area contributed by atoms with Crippen molar-refractivity contribution in [1.29, 1.82) is 0 Å². The lowest BCUT2D eigenvalue weighted by molar-refractivity contribution is -0.126. The summed E-state index contributed by atoms with van der Waals surface area (Å²) in [7, 11) is 0. The van der Waals surface area contributed by atoms with Gasteiger partial charge in [0.05, 0.1) is 0 Å². The Labute approximate surface area is 132 Å². The van der Waals surface area contributed by atoms with Crippen molar-refractivity contribution in [3.63, 3.8) is 0 Å². The van der Waals surface area contributed by atoms with Crippen LogP contribution in [0.15, 0.2) is 11.1 Å².